The first-order valence-electron chi connectivity index (χ1n) is 4.91. The van der Waals surface area contributed by atoms with Crippen LogP contribution in [0.5, 0.6) is 0 Å². The lowest BCUT2D eigenvalue weighted by Gasteiger charge is -2.10. The molecule has 0 spiro atoms. The van der Waals surface area contributed by atoms with Gasteiger partial charge in [-0.15, -0.1) is 20.4 Å². The average molecular weight is 230 g/mol. The summed E-state index contributed by atoms with van der Waals surface area (Å²) in [6.45, 7) is 0. The van der Waals surface area contributed by atoms with Gasteiger partial charge in [0, 0.05) is 0 Å². The first-order valence-corrected chi connectivity index (χ1v) is 4.91. The monoisotopic (exact) mass is 230 g/mol. The lowest BCUT2D eigenvalue weighted by atomic mass is 9.99. The Kier molecular flexibility index (Phi) is 2.84. The lowest BCUT2D eigenvalue weighted by molar-refractivity contribution is -0.146. The van der Waals surface area contributed by atoms with Crippen LogP contribution in [-0.2, 0) is 6.18 Å². The number of aromatic nitrogens is 4. The van der Waals surface area contributed by atoms with Crippen molar-refractivity contribution in [2.24, 2.45) is 0 Å². The Hall–Kier alpha value is -1.53. The van der Waals surface area contributed by atoms with Crippen molar-refractivity contribution in [1.82, 2.24) is 20.4 Å². The van der Waals surface area contributed by atoms with Crippen molar-refractivity contribution in [3.8, 4) is 0 Å². The van der Waals surface area contributed by atoms with E-state index in [9.17, 15) is 13.2 Å². The summed E-state index contributed by atoms with van der Waals surface area (Å²) in [5.41, 5.74) is 0.833. The second-order valence-corrected chi connectivity index (χ2v) is 3.52. The molecule has 1 aliphatic rings. The molecule has 86 valence electrons. The van der Waals surface area contributed by atoms with Crippen LogP contribution < -0.4 is 0 Å². The van der Waals surface area contributed by atoms with Crippen LogP contribution in [0.3, 0.4) is 0 Å². The van der Waals surface area contributed by atoms with E-state index in [0.29, 0.717) is 0 Å². The van der Waals surface area contributed by atoms with Gasteiger partial charge in [0.05, 0.1) is 0 Å². The van der Waals surface area contributed by atoms with Crippen molar-refractivity contribution in [3.05, 3.63) is 17.7 Å². The van der Waals surface area contributed by atoms with Gasteiger partial charge >= 0.3 is 6.18 Å². The molecule has 0 unspecified atom stereocenters. The molecule has 0 aromatic carbocycles. The molecule has 0 atom stereocenters. The van der Waals surface area contributed by atoms with E-state index < -0.39 is 12.0 Å². The molecule has 0 fully saturated rings. The molecule has 4 nitrogen and oxygen atoms in total. The molecule has 2 rings (SSSR count). The number of halogens is 3. The molecule has 0 bridgehead atoms. The van der Waals surface area contributed by atoms with Crippen LogP contribution in [0.4, 0.5) is 13.2 Å². The van der Waals surface area contributed by atoms with Crippen LogP contribution in [0, 0.1) is 0 Å². The Morgan fingerprint density at radius 1 is 1.00 bits per heavy atom. The maximum absolute atomic E-state index is 12.1. The zero-order chi connectivity index (χ0) is 11.6. The summed E-state index contributed by atoms with van der Waals surface area (Å²) >= 11 is 0. The van der Waals surface area contributed by atoms with Crippen molar-refractivity contribution in [1.29, 1.82) is 0 Å². The second kappa shape index (κ2) is 4.15. The van der Waals surface area contributed by atoms with E-state index >= 15 is 0 Å². The average Bonchev–Trinajstić information content (AvgIpc) is 2.29. The summed E-state index contributed by atoms with van der Waals surface area (Å²) in [4.78, 5) is 0. The van der Waals surface area contributed by atoms with E-state index in [2.05, 4.69) is 20.4 Å². The van der Waals surface area contributed by atoms with Crippen molar-refractivity contribution >= 4 is 5.57 Å². The third kappa shape index (κ3) is 2.34. The van der Waals surface area contributed by atoms with E-state index in [4.69, 9.17) is 0 Å². The van der Waals surface area contributed by atoms with Crippen molar-refractivity contribution < 1.29 is 13.2 Å². The van der Waals surface area contributed by atoms with Crippen LogP contribution in [0.25, 0.3) is 5.57 Å². The van der Waals surface area contributed by atoms with Gasteiger partial charge < -0.3 is 0 Å². The summed E-state index contributed by atoms with van der Waals surface area (Å²) < 4.78 is 36.4. The quantitative estimate of drug-likeness (QED) is 0.742. The summed E-state index contributed by atoms with van der Waals surface area (Å²) in [6.07, 6.45) is 1.10. The molecule has 7 heteroatoms. The number of allylic oxidation sites excluding steroid dienone is 2. The van der Waals surface area contributed by atoms with E-state index in [1.807, 2.05) is 6.08 Å². The van der Waals surface area contributed by atoms with Gasteiger partial charge in [-0.2, -0.15) is 13.2 Å². The molecule has 1 heterocycles. The van der Waals surface area contributed by atoms with Crippen LogP contribution >= 0.6 is 0 Å². The fraction of sp³-hybridized carbons (Fsp3) is 0.556. The molecule has 1 aliphatic carbocycles. The molecule has 0 saturated heterocycles. The van der Waals surface area contributed by atoms with Gasteiger partial charge in [-0.1, -0.05) is 6.08 Å². The number of hydrogen-bond donors (Lipinski definition) is 0. The normalized spacial score (nSPS) is 17.1. The fourth-order valence-corrected chi connectivity index (χ4v) is 1.51. The molecule has 0 amide bonds. The molecule has 1 aromatic heterocycles. The number of alkyl halides is 3. The summed E-state index contributed by atoms with van der Waals surface area (Å²) in [7, 11) is 0. The van der Waals surface area contributed by atoms with Gasteiger partial charge in [0.1, 0.15) is 0 Å². The molecule has 16 heavy (non-hydrogen) atoms. The SMILES string of the molecule is FC(F)(F)c1nnc(C2=CCCCC2)nn1. The van der Waals surface area contributed by atoms with Gasteiger partial charge in [-0.05, 0) is 31.3 Å². The standard InChI is InChI=1S/C9H9F3N4/c10-9(11,12)8-15-13-7(14-16-8)6-4-2-1-3-5-6/h4H,1-3,5H2. The van der Waals surface area contributed by atoms with Crippen LogP contribution in [0.15, 0.2) is 6.08 Å². The van der Waals surface area contributed by atoms with Crippen molar-refractivity contribution in [3.63, 3.8) is 0 Å². The minimum absolute atomic E-state index is 0.202. The molecular weight excluding hydrogens is 221 g/mol. The van der Waals surface area contributed by atoms with Gasteiger partial charge in [-0.3, -0.25) is 0 Å². The highest BCUT2D eigenvalue weighted by molar-refractivity contribution is 5.59. The largest absolute Gasteiger partial charge is 0.455 e. The Morgan fingerprint density at radius 2 is 1.69 bits per heavy atom. The Balaban J connectivity index is 2.22. The Morgan fingerprint density at radius 3 is 2.19 bits per heavy atom. The van der Waals surface area contributed by atoms with E-state index in [-0.39, 0.29) is 5.82 Å². The van der Waals surface area contributed by atoms with Crippen LogP contribution in [0.2, 0.25) is 0 Å². The smallest absolute Gasteiger partial charge is 0.163 e. The maximum Gasteiger partial charge on any atom is 0.455 e. The van der Waals surface area contributed by atoms with Crippen molar-refractivity contribution in [2.45, 2.75) is 31.9 Å². The topological polar surface area (TPSA) is 51.6 Å². The molecule has 0 aliphatic heterocycles. The maximum atomic E-state index is 12.1. The van der Waals surface area contributed by atoms with Gasteiger partial charge in [0.15, 0.2) is 5.82 Å². The van der Waals surface area contributed by atoms with Gasteiger partial charge in [0.2, 0.25) is 0 Å². The number of nitrogens with zero attached hydrogens (tertiary/aromatic N) is 4. The zero-order valence-corrected chi connectivity index (χ0v) is 8.33. The van der Waals surface area contributed by atoms with E-state index in [1.165, 1.54) is 0 Å². The van der Waals surface area contributed by atoms with Gasteiger partial charge in [0.25, 0.3) is 5.82 Å². The molecule has 1 aromatic rings. The highest BCUT2D eigenvalue weighted by Gasteiger charge is 2.36. The number of rotatable bonds is 1. The summed E-state index contributed by atoms with van der Waals surface area (Å²) in [6, 6.07) is 0. The van der Waals surface area contributed by atoms with E-state index in [0.717, 1.165) is 31.3 Å². The van der Waals surface area contributed by atoms with Crippen molar-refractivity contribution in [2.75, 3.05) is 0 Å². The predicted octanol–water partition coefficient (Wildman–Crippen LogP) is 2.24. The zero-order valence-electron chi connectivity index (χ0n) is 8.33. The molecular formula is C9H9F3N4. The van der Waals surface area contributed by atoms with Crippen LogP contribution in [0.1, 0.15) is 37.3 Å². The van der Waals surface area contributed by atoms with Gasteiger partial charge in [-0.25, -0.2) is 0 Å². The first kappa shape index (κ1) is 11.0. The van der Waals surface area contributed by atoms with E-state index in [1.54, 1.807) is 0 Å². The fourth-order valence-electron chi connectivity index (χ4n) is 1.51. The molecule has 0 N–H and O–H groups in total. The second-order valence-electron chi connectivity index (χ2n) is 3.52. The lowest BCUT2D eigenvalue weighted by Crippen LogP contribution is -2.15. The summed E-state index contributed by atoms with van der Waals surface area (Å²) in [5.74, 6) is -1.10. The highest BCUT2D eigenvalue weighted by atomic mass is 19.4. The molecule has 0 saturated carbocycles. The van der Waals surface area contributed by atoms with Crippen LogP contribution in [-0.4, -0.2) is 20.4 Å². The summed E-state index contributed by atoms with van der Waals surface area (Å²) in [5, 5.41) is 13.0. The Bertz CT molecular complexity index is 396. The third-order valence-electron chi connectivity index (χ3n) is 2.31. The minimum Gasteiger partial charge on any atom is -0.163 e. The number of hydrogen-bond acceptors (Lipinski definition) is 4. The minimum atomic E-state index is -4.58. The third-order valence-corrected chi connectivity index (χ3v) is 2.31. The Labute approximate surface area is 89.6 Å². The first-order chi connectivity index (χ1) is 7.57. The predicted molar refractivity (Wildman–Crippen MR) is 49.1 cm³/mol. The molecule has 0 radical (unpaired) electrons. The highest BCUT2D eigenvalue weighted by Crippen LogP contribution is 2.26.